The van der Waals surface area contributed by atoms with Crippen molar-refractivity contribution >= 4 is 46.2 Å². The number of Topliss-reactive ketones (excluding diaryl/α,β-unsaturated/α-hetero) is 1. The second-order valence-electron chi connectivity index (χ2n) is 14.3. The van der Waals surface area contributed by atoms with Crippen LogP contribution < -0.4 is 15.4 Å². The molecule has 5 aromatic rings. The van der Waals surface area contributed by atoms with E-state index in [1.807, 2.05) is 55.5 Å². The predicted octanol–water partition coefficient (Wildman–Crippen LogP) is 7.55. The molecule has 0 fully saturated rings. The first kappa shape index (κ1) is 40.2. The Bertz CT molecular complexity index is 2300. The van der Waals surface area contributed by atoms with Crippen LogP contribution in [0, 0.1) is 20.8 Å². The molecule has 0 saturated carbocycles. The Morgan fingerprint density at radius 2 is 1.65 bits per heavy atom. The largest absolute Gasteiger partial charge is 0.457 e. The lowest BCUT2D eigenvalue weighted by molar-refractivity contribution is -0.116. The molecule has 0 bridgehead atoms. The number of imide groups is 1. The molecule has 1 unspecified atom stereocenters. The molecule has 0 aliphatic carbocycles. The highest BCUT2D eigenvalue weighted by molar-refractivity contribution is 7.15. The smallest absolute Gasteiger partial charge is 0.299 e. The molecule has 2 aliphatic rings. The molecule has 0 radical (unpaired) electrons. The molecule has 12 nitrogen and oxygen atoms in total. The van der Waals surface area contributed by atoms with Gasteiger partial charge in [-0.3, -0.25) is 34.6 Å². The first-order chi connectivity index (χ1) is 27.6. The number of ketones is 1. The van der Waals surface area contributed by atoms with E-state index < -0.39 is 29.9 Å². The van der Waals surface area contributed by atoms with Gasteiger partial charge >= 0.3 is 0 Å². The standard InChI is InChI=1S/C43H45ClN6O6S/c1-25-26(2)57-43-36(25)38(29-15-17-30(44)18-16-29)46-33(40-49-48-27(3)50(40)43)24-35(51)45-21-23-55-22-8-6-4-5-7-10-28-13-19-31(20-14-28)56-34-12-9-11-32-37(34)41(53)47-42(54)39(32)52/h9,11-20,33,35,45,51H,4-8,10,21-24H2,1-3H3,(H,47,53,54)/t33-,35?/m0/s1. The molecule has 2 atom stereocenters. The van der Waals surface area contributed by atoms with Crippen molar-refractivity contribution in [2.45, 2.75) is 78.0 Å². The van der Waals surface area contributed by atoms with Gasteiger partial charge in [-0.1, -0.05) is 61.2 Å². The van der Waals surface area contributed by atoms with Crippen LogP contribution in [0.3, 0.4) is 0 Å². The summed E-state index contributed by atoms with van der Waals surface area (Å²) in [6.07, 6.45) is 5.76. The third-order valence-electron chi connectivity index (χ3n) is 10.3. The minimum atomic E-state index is -0.933. The number of benzene rings is 3. The van der Waals surface area contributed by atoms with Crippen molar-refractivity contribution in [1.82, 2.24) is 25.4 Å². The van der Waals surface area contributed by atoms with Crippen molar-refractivity contribution in [3.05, 3.63) is 122 Å². The highest BCUT2D eigenvalue weighted by Gasteiger charge is 2.34. The molecule has 7 rings (SSSR count). The topological polar surface area (TPSA) is 157 Å². The predicted molar refractivity (Wildman–Crippen MR) is 219 cm³/mol. The van der Waals surface area contributed by atoms with Gasteiger partial charge in [-0.15, -0.1) is 21.5 Å². The highest BCUT2D eigenvalue weighted by atomic mass is 35.5. The number of ether oxygens (including phenoxy) is 2. The van der Waals surface area contributed by atoms with Gasteiger partial charge in [-0.25, -0.2) is 0 Å². The zero-order valence-corrected chi connectivity index (χ0v) is 33.7. The summed E-state index contributed by atoms with van der Waals surface area (Å²) in [5.74, 6) is -0.0792. The number of nitrogens with one attached hydrogen (secondary N) is 2. The van der Waals surface area contributed by atoms with Crippen LogP contribution in [0.25, 0.3) is 5.00 Å². The summed E-state index contributed by atoms with van der Waals surface area (Å²) in [5.41, 5.74) is 5.34. The van der Waals surface area contributed by atoms with Gasteiger partial charge in [0.05, 0.1) is 17.9 Å². The van der Waals surface area contributed by atoms with Crippen LogP contribution in [0.1, 0.15) is 104 Å². The number of aromatic nitrogens is 3. The van der Waals surface area contributed by atoms with Gasteiger partial charge in [-0.2, -0.15) is 0 Å². The number of fused-ring (bicyclic) bond motifs is 4. The van der Waals surface area contributed by atoms with Gasteiger partial charge in [0, 0.05) is 46.2 Å². The Morgan fingerprint density at radius 3 is 2.44 bits per heavy atom. The van der Waals surface area contributed by atoms with Crippen LogP contribution in [0.4, 0.5) is 0 Å². The molecular weight excluding hydrogens is 764 g/mol. The maximum Gasteiger partial charge on any atom is 0.299 e. The molecule has 4 heterocycles. The van der Waals surface area contributed by atoms with Gasteiger partial charge in [0.2, 0.25) is 0 Å². The lowest BCUT2D eigenvalue weighted by Crippen LogP contribution is -2.42. The number of aliphatic imine (C=N–C) groups is 1. The number of rotatable bonds is 17. The van der Waals surface area contributed by atoms with Crippen LogP contribution in [0.15, 0.2) is 71.7 Å². The number of hydrogen-bond acceptors (Lipinski definition) is 11. The Kier molecular flexibility index (Phi) is 12.7. The summed E-state index contributed by atoms with van der Waals surface area (Å²) in [7, 11) is 0. The summed E-state index contributed by atoms with van der Waals surface area (Å²) >= 11 is 7.93. The van der Waals surface area contributed by atoms with Crippen molar-refractivity contribution in [3.8, 4) is 16.5 Å². The van der Waals surface area contributed by atoms with E-state index >= 15 is 0 Å². The maximum atomic E-state index is 12.4. The molecule has 0 spiro atoms. The van der Waals surface area contributed by atoms with E-state index in [1.165, 1.54) is 22.1 Å². The quantitative estimate of drug-likeness (QED) is 0.0374. The Labute approximate surface area is 340 Å². The first-order valence-electron chi connectivity index (χ1n) is 19.2. The molecule has 57 heavy (non-hydrogen) atoms. The van der Waals surface area contributed by atoms with Gasteiger partial charge in [0.25, 0.3) is 17.6 Å². The van der Waals surface area contributed by atoms with Crippen LogP contribution in [-0.4, -0.2) is 69.2 Å². The molecule has 3 aromatic carbocycles. The summed E-state index contributed by atoms with van der Waals surface area (Å²) < 4.78 is 13.9. The fourth-order valence-corrected chi connectivity index (χ4v) is 8.49. The first-order valence-corrected chi connectivity index (χ1v) is 20.4. The fraction of sp³-hybridized carbons (Fsp3) is 0.349. The van der Waals surface area contributed by atoms with E-state index in [9.17, 15) is 19.5 Å². The third-order valence-corrected chi connectivity index (χ3v) is 11.7. The number of hydrogen-bond donors (Lipinski definition) is 3. The van der Waals surface area contributed by atoms with E-state index in [0.29, 0.717) is 42.8 Å². The van der Waals surface area contributed by atoms with E-state index in [2.05, 4.69) is 39.2 Å². The fourth-order valence-electron chi connectivity index (χ4n) is 7.15. The van der Waals surface area contributed by atoms with Crippen molar-refractivity contribution in [3.63, 3.8) is 0 Å². The second-order valence-corrected chi connectivity index (χ2v) is 15.9. The normalized spacial score (nSPS) is 15.4. The SMILES string of the molecule is Cc1sc2c(c1C)C(c1ccc(Cl)cc1)=N[C@@H](CC(O)NCCOCCCCCCCc1ccc(Oc3cccc4c3C(=O)NC(=O)C4=O)cc1)c1nnc(C)n1-2. The Morgan fingerprint density at radius 1 is 0.895 bits per heavy atom. The number of aliphatic hydroxyl groups excluding tert-OH is 1. The molecule has 14 heteroatoms. The zero-order chi connectivity index (χ0) is 40.1. The Hall–Kier alpha value is -5.05. The van der Waals surface area contributed by atoms with Crippen LogP contribution in [0.2, 0.25) is 5.02 Å². The molecule has 296 valence electrons. The van der Waals surface area contributed by atoms with Gasteiger partial charge in [-0.05, 0) is 87.6 Å². The number of aryl methyl sites for hydroxylation is 3. The van der Waals surface area contributed by atoms with Crippen molar-refractivity contribution in [2.24, 2.45) is 4.99 Å². The molecule has 2 amide bonds. The molecule has 0 saturated heterocycles. The minimum Gasteiger partial charge on any atom is -0.457 e. The van der Waals surface area contributed by atoms with Crippen molar-refractivity contribution in [1.29, 1.82) is 0 Å². The zero-order valence-electron chi connectivity index (χ0n) is 32.1. The van der Waals surface area contributed by atoms with Crippen LogP contribution in [-0.2, 0) is 16.0 Å². The lowest BCUT2D eigenvalue weighted by atomic mass is 9.98. The number of unbranched alkanes of at least 4 members (excludes halogenated alkanes) is 4. The molecule has 2 aliphatic heterocycles. The minimum absolute atomic E-state index is 0.0460. The van der Waals surface area contributed by atoms with Crippen molar-refractivity contribution < 1.29 is 29.0 Å². The van der Waals surface area contributed by atoms with E-state index in [4.69, 9.17) is 26.1 Å². The average Bonchev–Trinajstić information content (AvgIpc) is 3.68. The van der Waals surface area contributed by atoms with Gasteiger partial charge in [0.15, 0.2) is 5.82 Å². The van der Waals surface area contributed by atoms with Gasteiger partial charge in [0.1, 0.15) is 34.6 Å². The number of halogens is 1. The van der Waals surface area contributed by atoms with Crippen LogP contribution in [0.5, 0.6) is 11.5 Å². The Balaban J connectivity index is 0.808. The van der Waals surface area contributed by atoms with E-state index in [1.54, 1.807) is 23.5 Å². The summed E-state index contributed by atoms with van der Waals surface area (Å²) in [4.78, 5) is 42.7. The number of nitrogens with zero attached hydrogens (tertiary/aromatic N) is 4. The molecule has 3 N–H and O–H groups in total. The van der Waals surface area contributed by atoms with Crippen LogP contribution >= 0.6 is 22.9 Å². The molecule has 2 aromatic heterocycles. The van der Waals surface area contributed by atoms with E-state index in [-0.39, 0.29) is 16.9 Å². The maximum absolute atomic E-state index is 12.4. The van der Waals surface area contributed by atoms with E-state index in [0.717, 1.165) is 66.2 Å². The summed E-state index contributed by atoms with van der Waals surface area (Å²) in [6.45, 7) is 7.84. The number of carbonyl (C=O) groups is 3. The van der Waals surface area contributed by atoms with Gasteiger partial charge < -0.3 is 14.6 Å². The third kappa shape index (κ3) is 9.08. The number of carbonyl (C=O) groups excluding carboxylic acids is 3. The highest BCUT2D eigenvalue weighted by Crippen LogP contribution is 2.40. The average molecular weight is 809 g/mol. The number of amides is 2. The second kappa shape index (κ2) is 18.0. The number of thiophene rings is 1. The monoisotopic (exact) mass is 808 g/mol. The number of aliphatic hydroxyl groups is 1. The summed E-state index contributed by atoms with van der Waals surface area (Å²) in [5, 5.41) is 27.0. The summed E-state index contributed by atoms with van der Waals surface area (Å²) in [6, 6.07) is 19.6. The molecular formula is C43H45ClN6O6S. The van der Waals surface area contributed by atoms with Crippen molar-refractivity contribution in [2.75, 3.05) is 19.8 Å². The lowest BCUT2D eigenvalue weighted by Gasteiger charge is -2.18.